The van der Waals surface area contributed by atoms with Gasteiger partial charge in [-0.25, -0.2) is 0 Å². The Morgan fingerprint density at radius 1 is 1.18 bits per heavy atom. The molecule has 0 saturated carbocycles. The molecule has 4 nitrogen and oxygen atoms in total. The summed E-state index contributed by atoms with van der Waals surface area (Å²) in [6.07, 6.45) is -0.0473. The van der Waals surface area contributed by atoms with Gasteiger partial charge in [-0.1, -0.05) is 34.7 Å². The van der Waals surface area contributed by atoms with Gasteiger partial charge in [0, 0.05) is 11.0 Å². The summed E-state index contributed by atoms with van der Waals surface area (Å²) in [5.74, 6) is -0.516. The van der Waals surface area contributed by atoms with Crippen LogP contribution in [0.15, 0.2) is 24.3 Å². The Kier molecular flexibility index (Phi) is 3.78. The Bertz CT molecular complexity index is 426. The van der Waals surface area contributed by atoms with Crippen LogP contribution >= 0.6 is 22.6 Å². The van der Waals surface area contributed by atoms with Crippen LogP contribution in [0.2, 0.25) is 0 Å². The lowest BCUT2D eigenvalue weighted by Gasteiger charge is -2.15. The fraction of sp³-hybridized carbons (Fsp3) is 0.333. The van der Waals surface area contributed by atoms with Crippen molar-refractivity contribution in [3.63, 3.8) is 0 Å². The van der Waals surface area contributed by atoms with E-state index in [2.05, 4.69) is 22.6 Å². The van der Waals surface area contributed by atoms with Gasteiger partial charge in [0.05, 0.1) is 17.2 Å². The second-order valence-corrected chi connectivity index (χ2v) is 4.79. The van der Waals surface area contributed by atoms with Gasteiger partial charge >= 0.3 is 0 Å². The first kappa shape index (κ1) is 12.5. The number of aliphatic hydroxyl groups excluding tert-OH is 1. The second kappa shape index (κ2) is 5.14. The van der Waals surface area contributed by atoms with Crippen molar-refractivity contribution < 1.29 is 14.7 Å². The molecule has 1 aliphatic heterocycles. The van der Waals surface area contributed by atoms with Crippen molar-refractivity contribution in [2.45, 2.75) is 12.5 Å². The van der Waals surface area contributed by atoms with Gasteiger partial charge in [-0.15, -0.1) is 0 Å². The Balaban J connectivity index is 2.13. The molecule has 0 aliphatic carbocycles. The van der Waals surface area contributed by atoms with Crippen LogP contribution in [0.3, 0.4) is 0 Å². The number of benzene rings is 1. The Hall–Kier alpha value is -0.950. The van der Waals surface area contributed by atoms with E-state index in [1.807, 2.05) is 0 Å². The first-order valence-electron chi connectivity index (χ1n) is 5.34. The molecule has 1 heterocycles. The number of carbonyl (C=O) groups excluding carboxylic acids is 2. The standard InChI is InChI=1S/C12H12INO3/c13-7-8(15)5-6-14-11(16)9-3-1-2-4-10(9)12(14)17/h1-4,8,15H,5-7H2. The second-order valence-electron chi connectivity index (χ2n) is 3.90. The summed E-state index contributed by atoms with van der Waals surface area (Å²) in [6.45, 7) is 0.274. The highest BCUT2D eigenvalue weighted by Crippen LogP contribution is 2.22. The molecular formula is C12H12INO3. The third-order valence-corrected chi connectivity index (χ3v) is 3.76. The van der Waals surface area contributed by atoms with Gasteiger partial charge in [-0.2, -0.15) is 0 Å². The van der Waals surface area contributed by atoms with Crippen LogP contribution in [-0.2, 0) is 0 Å². The number of nitrogens with zero attached hydrogens (tertiary/aromatic N) is 1. The lowest BCUT2D eigenvalue weighted by molar-refractivity contribution is 0.0631. The average Bonchev–Trinajstić information content (AvgIpc) is 2.60. The maximum absolute atomic E-state index is 11.9. The third kappa shape index (κ3) is 2.35. The van der Waals surface area contributed by atoms with Gasteiger partial charge in [0.15, 0.2) is 0 Å². The van der Waals surface area contributed by atoms with E-state index in [-0.39, 0.29) is 18.4 Å². The lowest BCUT2D eigenvalue weighted by atomic mass is 10.1. The molecule has 2 amide bonds. The Morgan fingerprint density at radius 2 is 1.71 bits per heavy atom. The maximum atomic E-state index is 11.9. The fourth-order valence-corrected chi connectivity index (χ4v) is 2.24. The largest absolute Gasteiger partial charge is 0.392 e. The molecule has 5 heteroatoms. The first-order valence-corrected chi connectivity index (χ1v) is 6.87. The summed E-state index contributed by atoms with van der Waals surface area (Å²) >= 11 is 2.07. The zero-order chi connectivity index (χ0) is 12.4. The molecule has 0 fully saturated rings. The molecule has 0 radical (unpaired) electrons. The van der Waals surface area contributed by atoms with Crippen LogP contribution in [0.4, 0.5) is 0 Å². The van der Waals surface area contributed by atoms with E-state index in [4.69, 9.17) is 0 Å². The first-order chi connectivity index (χ1) is 8.15. The summed E-state index contributed by atoms with van der Waals surface area (Å²) in [6, 6.07) is 6.80. The van der Waals surface area contributed by atoms with E-state index in [1.54, 1.807) is 24.3 Å². The van der Waals surface area contributed by atoms with Crippen LogP contribution in [0.25, 0.3) is 0 Å². The van der Waals surface area contributed by atoms with Gasteiger partial charge in [-0.05, 0) is 18.6 Å². The number of hydrogen-bond acceptors (Lipinski definition) is 3. The predicted molar refractivity (Wildman–Crippen MR) is 71.3 cm³/mol. The number of hydrogen-bond donors (Lipinski definition) is 1. The monoisotopic (exact) mass is 345 g/mol. The van der Waals surface area contributed by atoms with Crippen LogP contribution in [0.5, 0.6) is 0 Å². The molecule has 0 spiro atoms. The SMILES string of the molecule is O=C1c2ccccc2C(=O)N1CCC(O)CI. The predicted octanol–water partition coefficient (Wildman–Crippen LogP) is 1.47. The van der Waals surface area contributed by atoms with Crippen molar-refractivity contribution in [1.29, 1.82) is 0 Å². The lowest BCUT2D eigenvalue weighted by Crippen LogP contribution is -2.32. The van der Waals surface area contributed by atoms with Crippen molar-refractivity contribution in [3.05, 3.63) is 35.4 Å². The summed E-state index contributed by atoms with van der Waals surface area (Å²) < 4.78 is 0.598. The van der Waals surface area contributed by atoms with Crippen molar-refractivity contribution in [3.8, 4) is 0 Å². The Morgan fingerprint density at radius 3 is 2.18 bits per heavy atom. The molecule has 1 aromatic rings. The maximum Gasteiger partial charge on any atom is 0.261 e. The molecule has 0 aromatic heterocycles. The zero-order valence-electron chi connectivity index (χ0n) is 9.10. The molecule has 1 unspecified atom stereocenters. The van der Waals surface area contributed by atoms with Crippen LogP contribution < -0.4 is 0 Å². The quantitative estimate of drug-likeness (QED) is 0.511. The summed E-state index contributed by atoms with van der Waals surface area (Å²) in [7, 11) is 0. The summed E-state index contributed by atoms with van der Waals surface area (Å²) in [5.41, 5.74) is 0.919. The fourth-order valence-electron chi connectivity index (χ4n) is 1.80. The van der Waals surface area contributed by atoms with E-state index >= 15 is 0 Å². The van der Waals surface area contributed by atoms with Crippen LogP contribution in [0.1, 0.15) is 27.1 Å². The van der Waals surface area contributed by atoms with Gasteiger partial charge in [0.25, 0.3) is 11.8 Å². The van der Waals surface area contributed by atoms with Gasteiger partial charge in [0.1, 0.15) is 0 Å². The van der Waals surface area contributed by atoms with Crippen molar-refractivity contribution >= 4 is 34.4 Å². The number of carbonyl (C=O) groups is 2. The molecule has 1 N–H and O–H groups in total. The number of halogens is 1. The van der Waals surface area contributed by atoms with Crippen molar-refractivity contribution in [1.82, 2.24) is 4.90 Å². The molecule has 2 rings (SSSR count). The van der Waals surface area contributed by atoms with Gasteiger partial charge in [-0.3, -0.25) is 14.5 Å². The van der Waals surface area contributed by atoms with Gasteiger partial charge in [0.2, 0.25) is 0 Å². The summed E-state index contributed by atoms with van der Waals surface area (Å²) in [4.78, 5) is 25.1. The van der Waals surface area contributed by atoms with Gasteiger partial charge < -0.3 is 5.11 Å². The van der Waals surface area contributed by atoms with E-state index in [0.29, 0.717) is 22.0 Å². The summed E-state index contributed by atoms with van der Waals surface area (Å²) in [5, 5.41) is 9.45. The number of aliphatic hydroxyl groups is 1. The molecule has 1 atom stereocenters. The number of rotatable bonds is 4. The van der Waals surface area contributed by atoms with E-state index in [0.717, 1.165) is 0 Å². The highest BCUT2D eigenvalue weighted by molar-refractivity contribution is 14.1. The van der Waals surface area contributed by atoms with E-state index in [1.165, 1.54) is 4.90 Å². The number of fused-ring (bicyclic) bond motifs is 1. The van der Waals surface area contributed by atoms with E-state index in [9.17, 15) is 14.7 Å². The number of imide groups is 1. The zero-order valence-corrected chi connectivity index (χ0v) is 11.3. The topological polar surface area (TPSA) is 57.6 Å². The molecule has 1 aliphatic rings. The molecule has 1 aromatic carbocycles. The van der Waals surface area contributed by atoms with E-state index < -0.39 is 6.10 Å². The molecule has 0 bridgehead atoms. The van der Waals surface area contributed by atoms with Crippen molar-refractivity contribution in [2.75, 3.05) is 11.0 Å². The highest BCUT2D eigenvalue weighted by atomic mass is 127. The molecule has 17 heavy (non-hydrogen) atoms. The molecular weight excluding hydrogens is 333 g/mol. The highest BCUT2D eigenvalue weighted by Gasteiger charge is 2.34. The minimum Gasteiger partial charge on any atom is -0.392 e. The minimum absolute atomic E-state index is 0.258. The third-order valence-electron chi connectivity index (χ3n) is 2.74. The van der Waals surface area contributed by atoms with Crippen molar-refractivity contribution in [2.24, 2.45) is 0 Å². The molecule has 90 valence electrons. The molecule has 0 saturated heterocycles. The number of amides is 2. The van der Waals surface area contributed by atoms with Crippen LogP contribution in [-0.4, -0.2) is 38.9 Å². The normalized spacial score (nSPS) is 16.2. The minimum atomic E-state index is -0.472. The average molecular weight is 345 g/mol. The Labute approximate surface area is 113 Å². The smallest absolute Gasteiger partial charge is 0.261 e. The number of alkyl halides is 1. The van der Waals surface area contributed by atoms with Crippen LogP contribution in [0, 0.1) is 0 Å².